The van der Waals surface area contributed by atoms with Crippen molar-refractivity contribution < 1.29 is 9.53 Å². The number of carbonyl (C=O) groups excluding carboxylic acids is 1. The van der Waals surface area contributed by atoms with Crippen LogP contribution < -0.4 is 10.6 Å². The predicted molar refractivity (Wildman–Crippen MR) is 63.3 cm³/mol. The maximum absolute atomic E-state index is 11.6. The van der Waals surface area contributed by atoms with Crippen LogP contribution >= 0.6 is 0 Å². The van der Waals surface area contributed by atoms with Crippen molar-refractivity contribution >= 4 is 5.91 Å². The summed E-state index contributed by atoms with van der Waals surface area (Å²) in [7, 11) is 0. The van der Waals surface area contributed by atoms with E-state index in [9.17, 15) is 4.79 Å². The molecule has 2 heterocycles. The van der Waals surface area contributed by atoms with Gasteiger partial charge in [-0.05, 0) is 12.1 Å². The SMILES string of the molecule is O=C(CC1CNCCO1)NCc1ccccn1. The lowest BCUT2D eigenvalue weighted by Crippen LogP contribution is -2.41. The van der Waals surface area contributed by atoms with Gasteiger partial charge < -0.3 is 15.4 Å². The van der Waals surface area contributed by atoms with Gasteiger partial charge in [-0.15, -0.1) is 0 Å². The zero-order chi connectivity index (χ0) is 11.9. The molecule has 0 saturated carbocycles. The molecule has 2 N–H and O–H groups in total. The molecule has 0 aromatic carbocycles. The first-order valence-corrected chi connectivity index (χ1v) is 5.83. The van der Waals surface area contributed by atoms with E-state index < -0.39 is 0 Å². The molecule has 1 fully saturated rings. The summed E-state index contributed by atoms with van der Waals surface area (Å²) >= 11 is 0. The second-order valence-electron chi connectivity index (χ2n) is 4.00. The Morgan fingerprint density at radius 2 is 2.53 bits per heavy atom. The number of carbonyl (C=O) groups is 1. The molecular formula is C12H17N3O2. The minimum absolute atomic E-state index is 0.00403. The highest BCUT2D eigenvalue weighted by atomic mass is 16.5. The lowest BCUT2D eigenvalue weighted by atomic mass is 10.2. The quantitative estimate of drug-likeness (QED) is 0.775. The van der Waals surface area contributed by atoms with Gasteiger partial charge in [0.15, 0.2) is 0 Å². The number of pyridine rings is 1. The fraction of sp³-hybridized carbons (Fsp3) is 0.500. The number of hydrogen-bond acceptors (Lipinski definition) is 4. The molecule has 0 radical (unpaired) electrons. The van der Waals surface area contributed by atoms with Crippen LogP contribution in [0.1, 0.15) is 12.1 Å². The Hall–Kier alpha value is -1.46. The summed E-state index contributed by atoms with van der Waals surface area (Å²) < 4.78 is 5.46. The molecule has 5 heteroatoms. The second-order valence-corrected chi connectivity index (χ2v) is 4.00. The first-order chi connectivity index (χ1) is 8.34. The van der Waals surface area contributed by atoms with E-state index in [-0.39, 0.29) is 12.0 Å². The molecule has 0 bridgehead atoms. The van der Waals surface area contributed by atoms with Gasteiger partial charge in [-0.3, -0.25) is 9.78 Å². The van der Waals surface area contributed by atoms with Gasteiger partial charge in [-0.1, -0.05) is 6.07 Å². The van der Waals surface area contributed by atoms with Gasteiger partial charge in [0.2, 0.25) is 5.91 Å². The Morgan fingerprint density at radius 3 is 3.24 bits per heavy atom. The monoisotopic (exact) mass is 235 g/mol. The van der Waals surface area contributed by atoms with Crippen molar-refractivity contribution in [3.63, 3.8) is 0 Å². The number of nitrogens with one attached hydrogen (secondary N) is 2. The zero-order valence-corrected chi connectivity index (χ0v) is 9.69. The van der Waals surface area contributed by atoms with Crippen LogP contribution in [0.25, 0.3) is 0 Å². The van der Waals surface area contributed by atoms with Gasteiger partial charge in [-0.25, -0.2) is 0 Å². The molecule has 1 unspecified atom stereocenters. The molecule has 1 amide bonds. The van der Waals surface area contributed by atoms with Gasteiger partial charge in [-0.2, -0.15) is 0 Å². The van der Waals surface area contributed by atoms with E-state index in [1.54, 1.807) is 6.20 Å². The van der Waals surface area contributed by atoms with Gasteiger partial charge in [0.05, 0.1) is 31.4 Å². The lowest BCUT2D eigenvalue weighted by molar-refractivity contribution is -0.124. The molecule has 17 heavy (non-hydrogen) atoms. The summed E-state index contributed by atoms with van der Waals surface area (Å²) in [6, 6.07) is 5.65. The van der Waals surface area contributed by atoms with Crippen LogP contribution in [-0.4, -0.2) is 36.7 Å². The lowest BCUT2D eigenvalue weighted by Gasteiger charge is -2.22. The highest BCUT2D eigenvalue weighted by Gasteiger charge is 2.16. The molecule has 1 aromatic heterocycles. The molecule has 0 spiro atoms. The van der Waals surface area contributed by atoms with Gasteiger partial charge in [0.1, 0.15) is 0 Å². The first-order valence-electron chi connectivity index (χ1n) is 5.83. The van der Waals surface area contributed by atoms with E-state index in [0.29, 0.717) is 19.6 Å². The Kier molecular flexibility index (Phi) is 4.46. The molecule has 1 atom stereocenters. The van der Waals surface area contributed by atoms with Crippen molar-refractivity contribution in [3.8, 4) is 0 Å². The third kappa shape index (κ3) is 4.13. The van der Waals surface area contributed by atoms with Crippen molar-refractivity contribution in [2.75, 3.05) is 19.7 Å². The van der Waals surface area contributed by atoms with Crippen LogP contribution in [0.2, 0.25) is 0 Å². The highest BCUT2D eigenvalue weighted by molar-refractivity contribution is 5.76. The summed E-state index contributed by atoms with van der Waals surface area (Å²) in [6.07, 6.45) is 2.11. The van der Waals surface area contributed by atoms with Gasteiger partial charge >= 0.3 is 0 Å². The summed E-state index contributed by atoms with van der Waals surface area (Å²) in [5.74, 6) is 0.00403. The van der Waals surface area contributed by atoms with Gasteiger partial charge in [0.25, 0.3) is 0 Å². The molecule has 5 nitrogen and oxygen atoms in total. The normalized spacial score (nSPS) is 19.9. The number of ether oxygens (including phenoxy) is 1. The third-order valence-electron chi connectivity index (χ3n) is 2.61. The van der Waals surface area contributed by atoms with Crippen LogP contribution in [0.4, 0.5) is 0 Å². The molecule has 1 aliphatic heterocycles. The highest BCUT2D eigenvalue weighted by Crippen LogP contribution is 2.01. The average molecular weight is 235 g/mol. The molecule has 92 valence electrons. The van der Waals surface area contributed by atoms with E-state index in [2.05, 4.69) is 15.6 Å². The van der Waals surface area contributed by atoms with Crippen LogP contribution in [0.5, 0.6) is 0 Å². The van der Waals surface area contributed by atoms with Crippen molar-refractivity contribution in [1.82, 2.24) is 15.6 Å². The Morgan fingerprint density at radius 1 is 1.59 bits per heavy atom. The fourth-order valence-corrected chi connectivity index (χ4v) is 1.72. The third-order valence-corrected chi connectivity index (χ3v) is 2.61. The number of hydrogen-bond donors (Lipinski definition) is 2. The maximum Gasteiger partial charge on any atom is 0.222 e. The number of morpholine rings is 1. The smallest absolute Gasteiger partial charge is 0.222 e. The fourth-order valence-electron chi connectivity index (χ4n) is 1.72. The van der Waals surface area contributed by atoms with Crippen LogP contribution in [0, 0.1) is 0 Å². The average Bonchev–Trinajstić information content (AvgIpc) is 2.39. The zero-order valence-electron chi connectivity index (χ0n) is 9.69. The van der Waals surface area contributed by atoms with Crippen LogP contribution in [0.3, 0.4) is 0 Å². The maximum atomic E-state index is 11.6. The van der Waals surface area contributed by atoms with Crippen LogP contribution in [-0.2, 0) is 16.1 Å². The summed E-state index contributed by atoms with van der Waals surface area (Å²) in [5, 5.41) is 6.03. The first kappa shape index (κ1) is 12.0. The second kappa shape index (κ2) is 6.32. The van der Waals surface area contributed by atoms with E-state index >= 15 is 0 Å². The van der Waals surface area contributed by atoms with Crippen molar-refractivity contribution in [1.29, 1.82) is 0 Å². The Balaban J connectivity index is 1.70. The van der Waals surface area contributed by atoms with E-state index in [1.165, 1.54) is 0 Å². The molecule has 2 rings (SSSR count). The number of nitrogens with zero attached hydrogens (tertiary/aromatic N) is 1. The minimum Gasteiger partial charge on any atom is -0.375 e. The minimum atomic E-state index is -0.00696. The standard InChI is InChI=1S/C12H17N3O2/c16-12(7-11-9-13-5-6-17-11)15-8-10-3-1-2-4-14-10/h1-4,11,13H,5-9H2,(H,15,16). The Bertz CT molecular complexity index is 350. The van der Waals surface area contributed by atoms with Crippen molar-refractivity contribution in [3.05, 3.63) is 30.1 Å². The number of aromatic nitrogens is 1. The molecule has 1 aromatic rings. The van der Waals surface area contributed by atoms with Crippen molar-refractivity contribution in [2.45, 2.75) is 19.1 Å². The van der Waals surface area contributed by atoms with E-state index in [0.717, 1.165) is 18.8 Å². The van der Waals surface area contributed by atoms with E-state index in [1.807, 2.05) is 18.2 Å². The number of rotatable bonds is 4. The topological polar surface area (TPSA) is 63.2 Å². The summed E-state index contributed by atoms with van der Waals surface area (Å²) in [6.45, 7) is 2.76. The Labute approximate surface area is 101 Å². The van der Waals surface area contributed by atoms with Crippen molar-refractivity contribution in [2.24, 2.45) is 0 Å². The molecular weight excluding hydrogens is 218 g/mol. The molecule has 1 saturated heterocycles. The summed E-state index contributed by atoms with van der Waals surface area (Å²) in [4.78, 5) is 15.8. The predicted octanol–water partition coefficient (Wildman–Crippen LogP) is 0.0763. The van der Waals surface area contributed by atoms with Gasteiger partial charge in [0, 0.05) is 19.3 Å². The molecule has 0 aliphatic carbocycles. The number of amides is 1. The van der Waals surface area contributed by atoms with Crippen LogP contribution in [0.15, 0.2) is 24.4 Å². The summed E-state index contributed by atoms with van der Waals surface area (Å²) in [5.41, 5.74) is 0.864. The van der Waals surface area contributed by atoms with E-state index in [4.69, 9.17) is 4.74 Å². The molecule has 1 aliphatic rings. The largest absolute Gasteiger partial charge is 0.375 e.